The molecule has 10 heteroatoms. The molecule has 2 aromatic carbocycles. The molecule has 0 radical (unpaired) electrons. The number of sulfone groups is 1. The molecule has 1 fully saturated rings. The summed E-state index contributed by atoms with van der Waals surface area (Å²) in [6.45, 7) is -0.378. The predicted octanol–water partition coefficient (Wildman–Crippen LogP) is 1.34. The summed E-state index contributed by atoms with van der Waals surface area (Å²) in [6, 6.07) is 6.95. The molecule has 0 saturated carbocycles. The van der Waals surface area contributed by atoms with Crippen molar-refractivity contribution in [3.8, 4) is 17.2 Å². The highest BCUT2D eigenvalue weighted by molar-refractivity contribution is 7.91. The normalized spacial score (nSPS) is 17.8. The van der Waals surface area contributed by atoms with Crippen LogP contribution in [0.3, 0.4) is 0 Å². The maximum atomic E-state index is 12.8. The van der Waals surface area contributed by atoms with Crippen molar-refractivity contribution < 1.29 is 32.2 Å². The smallest absolute Gasteiger partial charge is 0.258 e. The van der Waals surface area contributed by atoms with Crippen molar-refractivity contribution >= 4 is 37.7 Å². The second-order valence-electron chi connectivity index (χ2n) is 7.06. The fourth-order valence-electron chi connectivity index (χ4n) is 3.45. The van der Waals surface area contributed by atoms with Gasteiger partial charge < -0.3 is 24.3 Å². The third-order valence-electron chi connectivity index (χ3n) is 4.90. The van der Waals surface area contributed by atoms with E-state index in [1.807, 2.05) is 0 Å². The van der Waals surface area contributed by atoms with Crippen LogP contribution < -0.4 is 20.2 Å². The van der Waals surface area contributed by atoms with Crippen molar-refractivity contribution in [1.82, 2.24) is 5.32 Å². The van der Waals surface area contributed by atoms with E-state index in [2.05, 4.69) is 5.32 Å². The first kappa shape index (κ1) is 20.0. The number of hydrogen-bond acceptors (Lipinski definition) is 8. The van der Waals surface area contributed by atoms with Gasteiger partial charge in [-0.05, 0) is 24.6 Å². The summed E-state index contributed by atoms with van der Waals surface area (Å²) in [5.74, 6) is -0.249. The SMILES string of the molecule is COc1ccc2oc3cc(OCC(=O)N[C@@H]4CCS(=O)(=O)C4)cc(O)c3c(=O)c2c1. The van der Waals surface area contributed by atoms with Crippen LogP contribution in [0.2, 0.25) is 0 Å². The quantitative estimate of drug-likeness (QED) is 0.576. The molecule has 2 heterocycles. The van der Waals surface area contributed by atoms with Gasteiger partial charge in [-0.25, -0.2) is 8.42 Å². The van der Waals surface area contributed by atoms with Crippen LogP contribution in [-0.2, 0) is 14.6 Å². The van der Waals surface area contributed by atoms with Gasteiger partial charge in [0.1, 0.15) is 33.8 Å². The summed E-state index contributed by atoms with van der Waals surface area (Å²) < 4.78 is 39.2. The van der Waals surface area contributed by atoms with Crippen LogP contribution in [-0.4, -0.2) is 50.7 Å². The van der Waals surface area contributed by atoms with Crippen LogP contribution in [0.15, 0.2) is 39.5 Å². The fourth-order valence-corrected chi connectivity index (χ4v) is 5.12. The first-order valence-corrected chi connectivity index (χ1v) is 11.0. The number of phenolic OH excluding ortho intramolecular Hbond substituents is 1. The predicted molar refractivity (Wildman–Crippen MR) is 109 cm³/mol. The summed E-state index contributed by atoms with van der Waals surface area (Å²) in [5.41, 5.74) is -0.00520. The number of ether oxygens (including phenoxy) is 2. The number of aromatic hydroxyl groups is 1. The van der Waals surface area contributed by atoms with E-state index < -0.39 is 27.2 Å². The highest BCUT2D eigenvalue weighted by Gasteiger charge is 2.29. The van der Waals surface area contributed by atoms with Gasteiger partial charge in [-0.3, -0.25) is 9.59 Å². The first-order chi connectivity index (χ1) is 14.3. The zero-order chi connectivity index (χ0) is 21.5. The molecular formula is C20H19NO8S. The molecule has 0 bridgehead atoms. The van der Waals surface area contributed by atoms with Crippen molar-refractivity contribution in [2.75, 3.05) is 25.2 Å². The van der Waals surface area contributed by atoms with E-state index in [1.165, 1.54) is 25.3 Å². The lowest BCUT2D eigenvalue weighted by atomic mass is 10.1. The fraction of sp³-hybridized carbons (Fsp3) is 0.300. The Morgan fingerprint density at radius 2 is 2.03 bits per heavy atom. The number of rotatable bonds is 5. The van der Waals surface area contributed by atoms with Crippen molar-refractivity contribution in [3.05, 3.63) is 40.6 Å². The van der Waals surface area contributed by atoms with Gasteiger partial charge in [-0.15, -0.1) is 0 Å². The Morgan fingerprint density at radius 1 is 1.23 bits per heavy atom. The van der Waals surface area contributed by atoms with Gasteiger partial charge in [0.2, 0.25) is 5.43 Å². The summed E-state index contributed by atoms with van der Waals surface area (Å²) in [5, 5.41) is 13.2. The molecule has 0 aliphatic carbocycles. The van der Waals surface area contributed by atoms with E-state index >= 15 is 0 Å². The zero-order valence-electron chi connectivity index (χ0n) is 16.0. The third kappa shape index (κ3) is 3.90. The van der Waals surface area contributed by atoms with Gasteiger partial charge in [-0.2, -0.15) is 0 Å². The van der Waals surface area contributed by atoms with Crippen LogP contribution in [0.4, 0.5) is 0 Å². The maximum Gasteiger partial charge on any atom is 0.258 e. The molecule has 0 spiro atoms. The van der Waals surface area contributed by atoms with E-state index in [0.717, 1.165) is 0 Å². The Labute approximate surface area is 171 Å². The summed E-state index contributed by atoms with van der Waals surface area (Å²) >= 11 is 0. The Hall–Kier alpha value is -3.27. The summed E-state index contributed by atoms with van der Waals surface area (Å²) in [4.78, 5) is 24.8. The topological polar surface area (TPSA) is 132 Å². The van der Waals surface area contributed by atoms with Crippen molar-refractivity contribution in [3.63, 3.8) is 0 Å². The second-order valence-corrected chi connectivity index (χ2v) is 9.29. The lowest BCUT2D eigenvalue weighted by Gasteiger charge is -2.12. The number of fused-ring (bicyclic) bond motifs is 2. The van der Waals surface area contributed by atoms with Gasteiger partial charge in [0, 0.05) is 18.2 Å². The molecule has 1 saturated heterocycles. The minimum absolute atomic E-state index is 0.0104. The molecule has 158 valence electrons. The van der Waals surface area contributed by atoms with E-state index in [1.54, 1.807) is 12.1 Å². The molecule has 9 nitrogen and oxygen atoms in total. The van der Waals surface area contributed by atoms with E-state index in [9.17, 15) is 23.1 Å². The number of methoxy groups -OCH3 is 1. The van der Waals surface area contributed by atoms with Gasteiger partial charge in [0.25, 0.3) is 5.91 Å². The number of carbonyl (C=O) groups excluding carboxylic acids is 1. The van der Waals surface area contributed by atoms with E-state index in [4.69, 9.17) is 13.9 Å². The Bertz CT molecular complexity index is 1310. The molecule has 1 amide bonds. The van der Waals surface area contributed by atoms with Crippen LogP contribution in [0.25, 0.3) is 21.9 Å². The number of nitrogens with one attached hydrogen (secondary N) is 1. The highest BCUT2D eigenvalue weighted by Crippen LogP contribution is 2.31. The standard InChI is InChI=1S/C20H19NO8S/c1-27-12-2-3-16-14(6-12)20(24)19-15(22)7-13(8-17(19)29-16)28-9-18(23)21-11-4-5-30(25,26)10-11/h2-3,6-8,11,22H,4-5,9-10H2,1H3,(H,21,23)/t11-/m1/s1. The molecule has 3 aromatic rings. The molecule has 0 unspecified atom stereocenters. The Balaban J connectivity index is 1.56. The summed E-state index contributed by atoms with van der Waals surface area (Å²) in [7, 11) is -1.62. The Morgan fingerprint density at radius 3 is 2.73 bits per heavy atom. The molecule has 4 rings (SSSR count). The lowest BCUT2D eigenvalue weighted by molar-refractivity contribution is -0.123. The Kier molecular flexibility index (Phi) is 5.02. The third-order valence-corrected chi connectivity index (χ3v) is 6.67. The van der Waals surface area contributed by atoms with Gasteiger partial charge in [0.15, 0.2) is 16.4 Å². The van der Waals surface area contributed by atoms with Crippen molar-refractivity contribution in [1.29, 1.82) is 0 Å². The molecule has 30 heavy (non-hydrogen) atoms. The number of phenols is 1. The number of carbonyl (C=O) groups is 1. The number of benzene rings is 2. The monoisotopic (exact) mass is 433 g/mol. The minimum atomic E-state index is -3.10. The highest BCUT2D eigenvalue weighted by atomic mass is 32.2. The van der Waals surface area contributed by atoms with Gasteiger partial charge in [0.05, 0.1) is 24.0 Å². The molecule has 1 atom stereocenters. The molecule has 1 aliphatic rings. The molecule has 1 aromatic heterocycles. The van der Waals surface area contributed by atoms with Crippen molar-refractivity contribution in [2.24, 2.45) is 0 Å². The van der Waals surface area contributed by atoms with Gasteiger partial charge in [-0.1, -0.05) is 0 Å². The maximum absolute atomic E-state index is 12.8. The second kappa shape index (κ2) is 7.52. The van der Waals surface area contributed by atoms with Gasteiger partial charge >= 0.3 is 0 Å². The molecule has 1 aliphatic heterocycles. The van der Waals surface area contributed by atoms with Crippen LogP contribution >= 0.6 is 0 Å². The first-order valence-electron chi connectivity index (χ1n) is 9.16. The lowest BCUT2D eigenvalue weighted by Crippen LogP contribution is -2.38. The van der Waals surface area contributed by atoms with Crippen molar-refractivity contribution in [2.45, 2.75) is 12.5 Å². The van der Waals surface area contributed by atoms with Crippen LogP contribution in [0.5, 0.6) is 17.2 Å². The largest absolute Gasteiger partial charge is 0.507 e. The average Bonchev–Trinajstić information content (AvgIpc) is 3.04. The van der Waals surface area contributed by atoms with Crippen LogP contribution in [0, 0.1) is 0 Å². The molecule has 2 N–H and O–H groups in total. The van der Waals surface area contributed by atoms with E-state index in [-0.39, 0.29) is 46.0 Å². The van der Waals surface area contributed by atoms with Crippen LogP contribution in [0.1, 0.15) is 6.42 Å². The molecular weight excluding hydrogens is 414 g/mol. The number of amides is 1. The number of hydrogen-bond donors (Lipinski definition) is 2. The minimum Gasteiger partial charge on any atom is -0.507 e. The van der Waals surface area contributed by atoms with E-state index in [0.29, 0.717) is 17.8 Å². The average molecular weight is 433 g/mol. The summed E-state index contributed by atoms with van der Waals surface area (Å²) in [6.07, 6.45) is 0.369. The zero-order valence-corrected chi connectivity index (χ0v) is 16.8.